The summed E-state index contributed by atoms with van der Waals surface area (Å²) >= 11 is 0. The molecule has 1 rings (SSSR count). The Hall–Kier alpha value is -0.410. The van der Waals surface area contributed by atoms with Crippen molar-refractivity contribution in [3.05, 3.63) is 0 Å². The maximum Gasteiger partial charge on any atom is 0.149 e. The number of rotatable bonds is 7. The normalized spacial score (nSPS) is 19.3. The minimum Gasteiger partial charge on any atom is -0.385 e. The van der Waals surface area contributed by atoms with Gasteiger partial charge in [0.15, 0.2) is 0 Å². The number of methoxy groups -OCH3 is 1. The van der Waals surface area contributed by atoms with Crippen LogP contribution < -0.4 is 5.73 Å². The lowest BCUT2D eigenvalue weighted by Crippen LogP contribution is -2.31. The number of Topliss-reactive ketones (excluding diaryl/α,β-unsaturated/α-hetero) is 1. The number of hydrogen-bond acceptors (Lipinski definition) is 3. The second-order valence-corrected chi connectivity index (χ2v) is 4.56. The molecule has 2 N–H and O–H groups in total. The molecule has 0 aliphatic heterocycles. The summed E-state index contributed by atoms with van der Waals surface area (Å²) in [7, 11) is 1.67. The molecule has 0 heterocycles. The molecule has 0 radical (unpaired) electrons. The smallest absolute Gasteiger partial charge is 0.149 e. The predicted molar refractivity (Wildman–Crippen MR) is 60.7 cm³/mol. The van der Waals surface area contributed by atoms with Gasteiger partial charge in [0.2, 0.25) is 0 Å². The predicted octanol–water partition coefficient (Wildman–Crippen LogP) is 1.89. The molecule has 88 valence electrons. The van der Waals surface area contributed by atoms with E-state index in [4.69, 9.17) is 10.5 Å². The van der Waals surface area contributed by atoms with Gasteiger partial charge in [0.25, 0.3) is 0 Å². The Bertz CT molecular complexity index is 188. The van der Waals surface area contributed by atoms with Crippen molar-refractivity contribution in [2.24, 2.45) is 11.7 Å². The van der Waals surface area contributed by atoms with E-state index in [1.807, 2.05) is 0 Å². The number of ether oxygens (including phenoxy) is 1. The second-order valence-electron chi connectivity index (χ2n) is 4.56. The van der Waals surface area contributed by atoms with Crippen molar-refractivity contribution in [3.8, 4) is 0 Å². The third-order valence-corrected chi connectivity index (χ3v) is 3.24. The van der Waals surface area contributed by atoms with Gasteiger partial charge < -0.3 is 10.5 Å². The van der Waals surface area contributed by atoms with E-state index < -0.39 is 0 Å². The van der Waals surface area contributed by atoms with Crippen LogP contribution in [0.25, 0.3) is 0 Å². The Kier molecular flexibility index (Phi) is 5.88. The molecule has 0 spiro atoms. The van der Waals surface area contributed by atoms with Crippen molar-refractivity contribution in [2.75, 3.05) is 13.7 Å². The molecule has 0 bridgehead atoms. The second kappa shape index (κ2) is 6.96. The Morgan fingerprint density at radius 2 is 2.13 bits per heavy atom. The zero-order chi connectivity index (χ0) is 11.1. The highest BCUT2D eigenvalue weighted by atomic mass is 16.5. The lowest BCUT2D eigenvalue weighted by molar-refractivity contribution is -0.121. The third-order valence-electron chi connectivity index (χ3n) is 3.24. The SMILES string of the molecule is COCCCC(N)C(=O)CC1CCCC1. The van der Waals surface area contributed by atoms with E-state index >= 15 is 0 Å². The summed E-state index contributed by atoms with van der Waals surface area (Å²) in [5.74, 6) is 0.865. The van der Waals surface area contributed by atoms with Crippen LogP contribution in [0.2, 0.25) is 0 Å². The maximum atomic E-state index is 11.7. The standard InChI is InChI=1S/C12H23NO2/c1-15-8-4-7-11(13)12(14)9-10-5-2-3-6-10/h10-11H,2-9,13H2,1H3. The number of carbonyl (C=O) groups is 1. The lowest BCUT2D eigenvalue weighted by atomic mass is 9.96. The number of ketones is 1. The monoisotopic (exact) mass is 213 g/mol. The van der Waals surface area contributed by atoms with Crippen molar-refractivity contribution in [1.82, 2.24) is 0 Å². The molecular weight excluding hydrogens is 190 g/mol. The van der Waals surface area contributed by atoms with Crippen LogP contribution in [-0.2, 0) is 9.53 Å². The van der Waals surface area contributed by atoms with Crippen LogP contribution >= 0.6 is 0 Å². The van der Waals surface area contributed by atoms with Gasteiger partial charge in [0.1, 0.15) is 5.78 Å². The zero-order valence-electron chi connectivity index (χ0n) is 9.71. The summed E-state index contributed by atoms with van der Waals surface area (Å²) in [6.07, 6.45) is 7.36. The van der Waals surface area contributed by atoms with E-state index in [2.05, 4.69) is 0 Å². The summed E-state index contributed by atoms with van der Waals surface area (Å²) in [5, 5.41) is 0. The van der Waals surface area contributed by atoms with E-state index in [1.54, 1.807) is 7.11 Å². The molecule has 0 saturated heterocycles. The molecule has 0 amide bonds. The molecule has 0 aromatic carbocycles. The molecule has 3 nitrogen and oxygen atoms in total. The highest BCUT2D eigenvalue weighted by Gasteiger charge is 2.21. The van der Waals surface area contributed by atoms with Crippen LogP contribution in [0.15, 0.2) is 0 Å². The molecule has 0 aromatic heterocycles. The van der Waals surface area contributed by atoms with Gasteiger partial charge >= 0.3 is 0 Å². The molecule has 1 aliphatic carbocycles. The van der Waals surface area contributed by atoms with Crippen LogP contribution in [0, 0.1) is 5.92 Å². The minimum absolute atomic E-state index is 0.248. The van der Waals surface area contributed by atoms with Crippen LogP contribution in [0.3, 0.4) is 0 Å². The first-order chi connectivity index (χ1) is 7.24. The van der Waals surface area contributed by atoms with Crippen molar-refractivity contribution in [2.45, 2.75) is 51.0 Å². The highest BCUT2D eigenvalue weighted by molar-refractivity contribution is 5.83. The van der Waals surface area contributed by atoms with Gasteiger partial charge in [0.05, 0.1) is 6.04 Å². The summed E-state index contributed by atoms with van der Waals surface area (Å²) in [6, 6.07) is -0.263. The van der Waals surface area contributed by atoms with Gasteiger partial charge in [-0.1, -0.05) is 25.7 Å². The molecule has 1 saturated carbocycles. The summed E-state index contributed by atoms with van der Waals surface area (Å²) in [4.78, 5) is 11.7. The fourth-order valence-corrected chi connectivity index (χ4v) is 2.26. The molecule has 1 unspecified atom stereocenters. The average Bonchev–Trinajstić information content (AvgIpc) is 2.70. The third kappa shape index (κ3) is 4.76. The summed E-state index contributed by atoms with van der Waals surface area (Å²) < 4.78 is 4.94. The Morgan fingerprint density at radius 3 is 2.73 bits per heavy atom. The van der Waals surface area contributed by atoms with E-state index in [0.29, 0.717) is 18.9 Å². The number of hydrogen-bond donors (Lipinski definition) is 1. The fraction of sp³-hybridized carbons (Fsp3) is 0.917. The average molecular weight is 213 g/mol. The van der Waals surface area contributed by atoms with E-state index in [0.717, 1.165) is 12.8 Å². The molecule has 15 heavy (non-hydrogen) atoms. The molecule has 1 fully saturated rings. The van der Waals surface area contributed by atoms with Gasteiger partial charge in [-0.2, -0.15) is 0 Å². The Balaban J connectivity index is 2.14. The maximum absolute atomic E-state index is 11.7. The fourth-order valence-electron chi connectivity index (χ4n) is 2.26. The zero-order valence-corrected chi connectivity index (χ0v) is 9.71. The van der Waals surface area contributed by atoms with Crippen molar-refractivity contribution in [3.63, 3.8) is 0 Å². The van der Waals surface area contributed by atoms with Crippen LogP contribution in [0.4, 0.5) is 0 Å². The first kappa shape index (κ1) is 12.7. The molecular formula is C12H23NO2. The first-order valence-electron chi connectivity index (χ1n) is 6.01. The first-order valence-corrected chi connectivity index (χ1v) is 6.01. The number of carbonyl (C=O) groups excluding carboxylic acids is 1. The number of nitrogens with two attached hydrogens (primary N) is 1. The van der Waals surface area contributed by atoms with E-state index in [9.17, 15) is 4.79 Å². The summed E-state index contributed by atoms with van der Waals surface area (Å²) in [6.45, 7) is 0.699. The largest absolute Gasteiger partial charge is 0.385 e. The van der Waals surface area contributed by atoms with Crippen molar-refractivity contribution >= 4 is 5.78 Å². The van der Waals surface area contributed by atoms with Gasteiger partial charge in [-0.3, -0.25) is 4.79 Å². The van der Waals surface area contributed by atoms with Crippen molar-refractivity contribution < 1.29 is 9.53 Å². The van der Waals surface area contributed by atoms with E-state index in [1.165, 1.54) is 25.7 Å². The van der Waals surface area contributed by atoms with E-state index in [-0.39, 0.29) is 11.8 Å². The van der Waals surface area contributed by atoms with Crippen LogP contribution in [-0.4, -0.2) is 25.5 Å². The van der Waals surface area contributed by atoms with Crippen LogP contribution in [0.1, 0.15) is 44.9 Å². The van der Waals surface area contributed by atoms with Crippen molar-refractivity contribution in [1.29, 1.82) is 0 Å². The summed E-state index contributed by atoms with van der Waals surface area (Å²) in [5.41, 5.74) is 5.83. The van der Waals surface area contributed by atoms with Gasteiger partial charge in [-0.05, 0) is 18.8 Å². The lowest BCUT2D eigenvalue weighted by Gasteiger charge is -2.13. The molecule has 0 aromatic rings. The molecule has 1 atom stereocenters. The van der Waals surface area contributed by atoms with Gasteiger partial charge in [0, 0.05) is 20.1 Å². The highest BCUT2D eigenvalue weighted by Crippen LogP contribution is 2.28. The Morgan fingerprint density at radius 1 is 1.47 bits per heavy atom. The molecule has 1 aliphatic rings. The minimum atomic E-state index is -0.263. The van der Waals surface area contributed by atoms with Gasteiger partial charge in [-0.15, -0.1) is 0 Å². The molecule has 3 heteroatoms. The quantitative estimate of drug-likeness (QED) is 0.657. The van der Waals surface area contributed by atoms with Gasteiger partial charge in [-0.25, -0.2) is 0 Å². The topological polar surface area (TPSA) is 52.3 Å². The van der Waals surface area contributed by atoms with Crippen LogP contribution in [0.5, 0.6) is 0 Å². The Labute approximate surface area is 92.4 Å².